The number of anilines is 1. The molecule has 0 aliphatic rings. The van der Waals surface area contributed by atoms with Crippen molar-refractivity contribution >= 4 is 16.0 Å². The number of hydrogen-bond donors (Lipinski definition) is 2. The Morgan fingerprint density at radius 3 is 2.32 bits per heavy atom. The van der Waals surface area contributed by atoms with Crippen molar-refractivity contribution in [2.75, 3.05) is 24.2 Å². The second kappa shape index (κ2) is 7.34. The highest BCUT2D eigenvalue weighted by Crippen LogP contribution is 2.06. The summed E-state index contributed by atoms with van der Waals surface area (Å²) in [6, 6.07) is 0. The number of aromatic nitrogens is 3. The van der Waals surface area contributed by atoms with Crippen LogP contribution in [0.1, 0.15) is 32.2 Å². The Kier molecular flexibility index (Phi) is 6.10. The number of nitrogens with one attached hydrogen (secondary N) is 2. The van der Waals surface area contributed by atoms with Crippen molar-refractivity contribution in [3.63, 3.8) is 0 Å². The van der Waals surface area contributed by atoms with Gasteiger partial charge in [0.1, 0.15) is 0 Å². The van der Waals surface area contributed by atoms with E-state index in [-0.39, 0.29) is 12.3 Å². The van der Waals surface area contributed by atoms with Crippen LogP contribution in [0.25, 0.3) is 0 Å². The molecule has 0 saturated carbocycles. The van der Waals surface area contributed by atoms with Crippen LogP contribution in [-0.2, 0) is 22.9 Å². The minimum absolute atomic E-state index is 0.0127. The van der Waals surface area contributed by atoms with Gasteiger partial charge in [-0.05, 0) is 12.8 Å². The number of sulfonamides is 1. The Bertz CT molecular complexity index is 504. The molecule has 0 saturated heterocycles. The van der Waals surface area contributed by atoms with Crippen molar-refractivity contribution in [2.45, 2.75) is 33.6 Å². The topological polar surface area (TPSA) is 96.9 Å². The molecular formula is C11H21N5O2S. The minimum atomic E-state index is -3.22. The average Bonchev–Trinajstić information content (AvgIpc) is 2.38. The summed E-state index contributed by atoms with van der Waals surface area (Å²) < 4.78 is 25.3. The fraction of sp³-hybridized carbons (Fsp3) is 0.727. The van der Waals surface area contributed by atoms with Crippen LogP contribution < -0.4 is 10.0 Å². The fourth-order valence-corrected chi connectivity index (χ4v) is 2.56. The van der Waals surface area contributed by atoms with Gasteiger partial charge in [-0.3, -0.25) is 0 Å². The predicted molar refractivity (Wildman–Crippen MR) is 74.5 cm³/mol. The van der Waals surface area contributed by atoms with Crippen LogP contribution in [0.3, 0.4) is 0 Å². The summed E-state index contributed by atoms with van der Waals surface area (Å²) in [4.78, 5) is 4.33. The molecule has 0 aromatic carbocycles. The van der Waals surface area contributed by atoms with Crippen molar-refractivity contribution in [3.05, 3.63) is 11.4 Å². The Morgan fingerprint density at radius 1 is 1.05 bits per heavy atom. The number of hydrogen-bond acceptors (Lipinski definition) is 6. The summed E-state index contributed by atoms with van der Waals surface area (Å²) in [5.74, 6) is 0.363. The highest BCUT2D eigenvalue weighted by molar-refractivity contribution is 7.89. The van der Waals surface area contributed by atoms with E-state index in [4.69, 9.17) is 0 Å². The Labute approximate surface area is 114 Å². The largest absolute Gasteiger partial charge is 0.352 e. The monoisotopic (exact) mass is 287 g/mol. The summed E-state index contributed by atoms with van der Waals surface area (Å²) in [6.07, 6.45) is 1.57. The van der Waals surface area contributed by atoms with Gasteiger partial charge in [0.05, 0.1) is 17.1 Å². The van der Waals surface area contributed by atoms with E-state index in [1.54, 1.807) is 6.92 Å². The number of aryl methyl sites for hydroxylation is 2. The molecule has 0 aliphatic heterocycles. The van der Waals surface area contributed by atoms with Crippen LogP contribution in [0.2, 0.25) is 0 Å². The summed E-state index contributed by atoms with van der Waals surface area (Å²) in [7, 11) is -3.22. The smallest absolute Gasteiger partial charge is 0.243 e. The van der Waals surface area contributed by atoms with Gasteiger partial charge in [0.25, 0.3) is 0 Å². The Morgan fingerprint density at radius 2 is 1.74 bits per heavy atom. The molecule has 0 radical (unpaired) electrons. The lowest BCUT2D eigenvalue weighted by Crippen LogP contribution is -2.29. The molecule has 0 fully saturated rings. The maximum atomic E-state index is 11.4. The lowest BCUT2D eigenvalue weighted by atomic mass is 10.2. The van der Waals surface area contributed by atoms with Crippen LogP contribution in [-0.4, -0.2) is 42.4 Å². The average molecular weight is 287 g/mol. The van der Waals surface area contributed by atoms with E-state index >= 15 is 0 Å². The predicted octanol–water partition coefficient (Wildman–Crippen LogP) is 0.348. The molecule has 0 amide bonds. The summed E-state index contributed by atoms with van der Waals surface area (Å²) >= 11 is 0. The Balaban J connectivity index is 2.59. The van der Waals surface area contributed by atoms with Crippen LogP contribution in [0.5, 0.6) is 0 Å². The van der Waals surface area contributed by atoms with E-state index in [1.165, 1.54) is 0 Å². The van der Waals surface area contributed by atoms with Crippen molar-refractivity contribution < 1.29 is 8.42 Å². The highest BCUT2D eigenvalue weighted by Gasteiger charge is 2.09. The number of rotatable bonds is 8. The van der Waals surface area contributed by atoms with E-state index < -0.39 is 10.0 Å². The first-order chi connectivity index (χ1) is 9.02. The summed E-state index contributed by atoms with van der Waals surface area (Å²) in [5, 5.41) is 10.9. The lowest BCUT2D eigenvalue weighted by Gasteiger charge is -2.08. The molecule has 0 aliphatic carbocycles. The first-order valence-electron chi connectivity index (χ1n) is 6.46. The van der Waals surface area contributed by atoms with Gasteiger partial charge in [0.2, 0.25) is 16.0 Å². The zero-order valence-electron chi connectivity index (χ0n) is 11.6. The van der Waals surface area contributed by atoms with Gasteiger partial charge >= 0.3 is 0 Å². The third-order valence-corrected chi connectivity index (χ3v) is 4.00. The lowest BCUT2D eigenvalue weighted by molar-refractivity contribution is 0.584. The van der Waals surface area contributed by atoms with Gasteiger partial charge in [-0.25, -0.2) is 18.1 Å². The van der Waals surface area contributed by atoms with Gasteiger partial charge in [-0.15, -0.1) is 5.10 Å². The van der Waals surface area contributed by atoms with Crippen LogP contribution in [0.15, 0.2) is 0 Å². The van der Waals surface area contributed by atoms with Gasteiger partial charge in [0.15, 0.2) is 0 Å². The summed E-state index contributed by atoms with van der Waals surface area (Å²) in [5.41, 5.74) is 1.78. The molecule has 7 nitrogen and oxygen atoms in total. The maximum absolute atomic E-state index is 11.4. The first-order valence-corrected chi connectivity index (χ1v) is 8.11. The number of nitrogens with zero attached hydrogens (tertiary/aromatic N) is 3. The molecule has 19 heavy (non-hydrogen) atoms. The van der Waals surface area contributed by atoms with Gasteiger partial charge in [-0.2, -0.15) is 5.10 Å². The molecule has 2 N–H and O–H groups in total. The van der Waals surface area contributed by atoms with Crippen LogP contribution in [0, 0.1) is 0 Å². The third kappa shape index (κ3) is 5.07. The summed E-state index contributed by atoms with van der Waals surface area (Å²) in [6.45, 7) is 6.40. The maximum Gasteiger partial charge on any atom is 0.243 e. The molecule has 0 atom stereocenters. The highest BCUT2D eigenvalue weighted by atomic mass is 32.2. The quantitative estimate of drug-likeness (QED) is 0.716. The van der Waals surface area contributed by atoms with Crippen molar-refractivity contribution in [3.8, 4) is 0 Å². The van der Waals surface area contributed by atoms with Crippen LogP contribution >= 0.6 is 0 Å². The van der Waals surface area contributed by atoms with Gasteiger partial charge in [0, 0.05) is 13.1 Å². The molecule has 8 heteroatoms. The molecule has 0 spiro atoms. The van der Waals surface area contributed by atoms with Crippen molar-refractivity contribution in [1.82, 2.24) is 19.9 Å². The van der Waals surface area contributed by atoms with Crippen molar-refractivity contribution in [1.29, 1.82) is 0 Å². The molecule has 1 rings (SSSR count). The molecule has 0 unspecified atom stereocenters. The second-order valence-corrected chi connectivity index (χ2v) is 5.91. The zero-order valence-corrected chi connectivity index (χ0v) is 12.4. The molecule has 0 bridgehead atoms. The fourth-order valence-electron chi connectivity index (χ4n) is 1.60. The molecule has 1 aromatic rings. The third-order valence-electron chi connectivity index (χ3n) is 2.53. The first kappa shape index (κ1) is 15.8. The van der Waals surface area contributed by atoms with Gasteiger partial charge in [-0.1, -0.05) is 20.8 Å². The molecular weight excluding hydrogens is 266 g/mol. The van der Waals surface area contributed by atoms with E-state index in [0.717, 1.165) is 24.2 Å². The minimum Gasteiger partial charge on any atom is -0.352 e. The van der Waals surface area contributed by atoms with E-state index in [1.807, 2.05) is 13.8 Å². The van der Waals surface area contributed by atoms with E-state index in [2.05, 4.69) is 25.2 Å². The Hall–Kier alpha value is -1.28. The zero-order chi connectivity index (χ0) is 14.3. The standard InChI is InChI=1S/C11H21N5O2S/c1-4-9-10(5-2)15-16-11(14-9)12-7-8-19(17,18)13-6-3/h13H,4-8H2,1-3H3,(H,12,14,16). The van der Waals surface area contributed by atoms with E-state index in [0.29, 0.717) is 12.5 Å². The second-order valence-electron chi connectivity index (χ2n) is 3.98. The normalized spacial score (nSPS) is 11.5. The SMILES string of the molecule is CCNS(=O)(=O)CCNc1nnc(CC)c(CC)n1. The van der Waals surface area contributed by atoms with Crippen LogP contribution in [0.4, 0.5) is 5.95 Å². The van der Waals surface area contributed by atoms with E-state index in [9.17, 15) is 8.42 Å². The van der Waals surface area contributed by atoms with Crippen molar-refractivity contribution in [2.24, 2.45) is 0 Å². The molecule has 1 heterocycles. The van der Waals surface area contributed by atoms with Gasteiger partial charge < -0.3 is 5.32 Å². The molecule has 108 valence electrons. The molecule has 1 aromatic heterocycles.